The van der Waals surface area contributed by atoms with Crippen LogP contribution in [0.3, 0.4) is 0 Å². The zero-order chi connectivity index (χ0) is 16.2. The molecular weight excluding hydrogens is 352 g/mol. The van der Waals surface area contributed by atoms with Gasteiger partial charge in [-0.2, -0.15) is 0 Å². The maximum absolute atomic E-state index is 11.2. The van der Waals surface area contributed by atoms with Crippen LogP contribution in [0.2, 0.25) is 0 Å². The van der Waals surface area contributed by atoms with E-state index in [2.05, 4.69) is 38.4 Å². The standard InChI is InChI=1S/C19H17BrN2O/c1-13(23)10-14-6-7-18(17(20)11-14)22-12-19-16-5-3-2-4-15(16)8-9-21-19/h2-9,11,22H,10,12H2,1H3. The number of carbonyl (C=O) groups is 1. The third-order valence-corrected chi connectivity index (χ3v) is 4.35. The molecule has 1 aromatic heterocycles. The number of benzene rings is 2. The van der Waals surface area contributed by atoms with Gasteiger partial charge in [0.25, 0.3) is 0 Å². The van der Waals surface area contributed by atoms with Crippen LogP contribution in [0.15, 0.2) is 59.2 Å². The Bertz CT molecular complexity index is 856. The zero-order valence-corrected chi connectivity index (χ0v) is 14.4. The van der Waals surface area contributed by atoms with Crippen molar-refractivity contribution in [3.8, 4) is 0 Å². The van der Waals surface area contributed by atoms with Crippen LogP contribution in [0, 0.1) is 0 Å². The summed E-state index contributed by atoms with van der Waals surface area (Å²) < 4.78 is 0.955. The summed E-state index contributed by atoms with van der Waals surface area (Å²) in [6.07, 6.45) is 2.30. The molecule has 0 aliphatic rings. The van der Waals surface area contributed by atoms with Crippen molar-refractivity contribution < 1.29 is 4.79 Å². The van der Waals surface area contributed by atoms with Crippen molar-refractivity contribution in [2.24, 2.45) is 0 Å². The Balaban J connectivity index is 1.78. The first-order chi connectivity index (χ1) is 11.1. The molecule has 0 saturated heterocycles. The summed E-state index contributed by atoms with van der Waals surface area (Å²) >= 11 is 3.57. The molecule has 116 valence electrons. The minimum absolute atomic E-state index is 0.164. The van der Waals surface area contributed by atoms with E-state index in [1.807, 2.05) is 42.6 Å². The number of rotatable bonds is 5. The molecule has 0 fully saturated rings. The summed E-state index contributed by atoms with van der Waals surface area (Å²) in [5, 5.41) is 5.76. The molecule has 3 nitrogen and oxygen atoms in total. The highest BCUT2D eigenvalue weighted by molar-refractivity contribution is 9.10. The Morgan fingerprint density at radius 1 is 1.17 bits per heavy atom. The van der Waals surface area contributed by atoms with Crippen LogP contribution in [0.4, 0.5) is 5.69 Å². The monoisotopic (exact) mass is 368 g/mol. The Hall–Kier alpha value is -2.20. The molecule has 0 aliphatic heterocycles. The van der Waals surface area contributed by atoms with E-state index in [9.17, 15) is 4.79 Å². The van der Waals surface area contributed by atoms with Gasteiger partial charge in [-0.25, -0.2) is 0 Å². The van der Waals surface area contributed by atoms with Crippen molar-refractivity contribution in [2.45, 2.75) is 19.9 Å². The Morgan fingerprint density at radius 3 is 2.78 bits per heavy atom. The first kappa shape index (κ1) is 15.7. The Kier molecular flexibility index (Phi) is 4.72. The number of aromatic nitrogens is 1. The van der Waals surface area contributed by atoms with Crippen LogP contribution in [0.1, 0.15) is 18.2 Å². The highest BCUT2D eigenvalue weighted by atomic mass is 79.9. The van der Waals surface area contributed by atoms with E-state index >= 15 is 0 Å². The molecular formula is C19H17BrN2O. The lowest BCUT2D eigenvalue weighted by molar-refractivity contribution is -0.116. The van der Waals surface area contributed by atoms with Gasteiger partial charge in [0, 0.05) is 28.2 Å². The number of fused-ring (bicyclic) bond motifs is 1. The third-order valence-electron chi connectivity index (χ3n) is 3.69. The maximum Gasteiger partial charge on any atom is 0.134 e. The number of halogens is 1. The summed E-state index contributed by atoms with van der Waals surface area (Å²) in [6, 6.07) is 16.2. The fraction of sp³-hybridized carbons (Fsp3) is 0.158. The molecule has 0 aliphatic carbocycles. The minimum Gasteiger partial charge on any atom is -0.378 e. The number of nitrogens with one attached hydrogen (secondary N) is 1. The molecule has 0 amide bonds. The Morgan fingerprint density at radius 2 is 2.00 bits per heavy atom. The molecule has 3 rings (SSSR count). The molecule has 0 radical (unpaired) electrons. The van der Waals surface area contributed by atoms with Crippen molar-refractivity contribution >= 4 is 38.2 Å². The van der Waals surface area contributed by atoms with Gasteiger partial charge in [-0.05, 0) is 52.0 Å². The summed E-state index contributed by atoms with van der Waals surface area (Å²) in [5.41, 5.74) is 3.02. The minimum atomic E-state index is 0.164. The fourth-order valence-electron chi connectivity index (χ4n) is 2.60. The lowest BCUT2D eigenvalue weighted by Crippen LogP contribution is -2.03. The molecule has 3 aromatic rings. The SMILES string of the molecule is CC(=O)Cc1ccc(NCc2nccc3ccccc23)c(Br)c1. The van der Waals surface area contributed by atoms with Crippen molar-refractivity contribution in [2.75, 3.05) is 5.32 Å². The smallest absolute Gasteiger partial charge is 0.134 e. The summed E-state index contributed by atoms with van der Waals surface area (Å²) in [5.74, 6) is 0.164. The number of hydrogen-bond acceptors (Lipinski definition) is 3. The van der Waals surface area contributed by atoms with Crippen molar-refractivity contribution in [1.82, 2.24) is 4.98 Å². The Labute approximate surface area is 143 Å². The molecule has 0 spiro atoms. The number of anilines is 1. The van der Waals surface area contributed by atoms with Gasteiger partial charge in [0.15, 0.2) is 0 Å². The second-order valence-electron chi connectivity index (χ2n) is 5.53. The first-order valence-electron chi connectivity index (χ1n) is 7.48. The first-order valence-corrected chi connectivity index (χ1v) is 8.27. The predicted octanol–water partition coefficient (Wildman–Crippen LogP) is 4.74. The highest BCUT2D eigenvalue weighted by Gasteiger charge is 2.06. The van der Waals surface area contributed by atoms with Gasteiger partial charge in [-0.3, -0.25) is 9.78 Å². The summed E-state index contributed by atoms with van der Waals surface area (Å²) in [4.78, 5) is 15.7. The van der Waals surface area contributed by atoms with Gasteiger partial charge < -0.3 is 5.32 Å². The van der Waals surface area contributed by atoms with Crippen LogP contribution in [-0.2, 0) is 17.8 Å². The van der Waals surface area contributed by atoms with Crippen LogP contribution < -0.4 is 5.32 Å². The fourth-order valence-corrected chi connectivity index (χ4v) is 3.17. The van der Waals surface area contributed by atoms with Crippen LogP contribution in [-0.4, -0.2) is 10.8 Å². The van der Waals surface area contributed by atoms with Crippen molar-refractivity contribution in [1.29, 1.82) is 0 Å². The topological polar surface area (TPSA) is 42.0 Å². The molecule has 0 saturated carbocycles. The second-order valence-corrected chi connectivity index (χ2v) is 6.38. The normalized spacial score (nSPS) is 10.7. The van der Waals surface area contributed by atoms with Gasteiger partial charge in [0.1, 0.15) is 5.78 Å². The molecule has 23 heavy (non-hydrogen) atoms. The average Bonchev–Trinajstić information content (AvgIpc) is 2.53. The predicted molar refractivity (Wildman–Crippen MR) is 97.6 cm³/mol. The molecule has 0 atom stereocenters. The van der Waals surface area contributed by atoms with Gasteiger partial charge in [-0.1, -0.05) is 30.3 Å². The van der Waals surface area contributed by atoms with Crippen LogP contribution in [0.5, 0.6) is 0 Å². The largest absolute Gasteiger partial charge is 0.378 e. The summed E-state index contributed by atoms with van der Waals surface area (Å²) in [7, 11) is 0. The van der Waals surface area contributed by atoms with E-state index < -0.39 is 0 Å². The van der Waals surface area contributed by atoms with E-state index in [0.717, 1.165) is 26.8 Å². The molecule has 0 unspecified atom stereocenters. The van der Waals surface area contributed by atoms with Gasteiger partial charge >= 0.3 is 0 Å². The molecule has 2 aromatic carbocycles. The molecule has 1 N–H and O–H groups in total. The lowest BCUT2D eigenvalue weighted by atomic mass is 10.1. The van der Waals surface area contributed by atoms with E-state index in [1.54, 1.807) is 6.92 Å². The number of carbonyl (C=O) groups excluding carboxylic acids is 1. The van der Waals surface area contributed by atoms with E-state index in [0.29, 0.717) is 13.0 Å². The highest BCUT2D eigenvalue weighted by Crippen LogP contribution is 2.25. The quantitative estimate of drug-likeness (QED) is 0.706. The molecule has 0 bridgehead atoms. The zero-order valence-electron chi connectivity index (χ0n) is 12.8. The summed E-state index contributed by atoms with van der Waals surface area (Å²) in [6.45, 7) is 2.25. The van der Waals surface area contributed by atoms with Crippen LogP contribution in [0.25, 0.3) is 10.8 Å². The second kappa shape index (κ2) is 6.92. The van der Waals surface area contributed by atoms with Gasteiger partial charge in [-0.15, -0.1) is 0 Å². The van der Waals surface area contributed by atoms with Gasteiger partial charge in [0.05, 0.1) is 12.2 Å². The van der Waals surface area contributed by atoms with E-state index in [-0.39, 0.29) is 5.78 Å². The number of ketones is 1. The average molecular weight is 369 g/mol. The third kappa shape index (κ3) is 3.77. The number of pyridine rings is 1. The van der Waals surface area contributed by atoms with E-state index in [1.165, 1.54) is 5.39 Å². The van der Waals surface area contributed by atoms with Crippen LogP contribution >= 0.6 is 15.9 Å². The number of Topliss-reactive ketones (excluding diaryl/α,β-unsaturated/α-hetero) is 1. The van der Waals surface area contributed by atoms with Crippen molar-refractivity contribution in [3.63, 3.8) is 0 Å². The maximum atomic E-state index is 11.2. The number of hydrogen-bond donors (Lipinski definition) is 1. The van der Waals surface area contributed by atoms with E-state index in [4.69, 9.17) is 0 Å². The lowest BCUT2D eigenvalue weighted by Gasteiger charge is -2.11. The molecule has 4 heteroatoms. The number of nitrogens with zero attached hydrogens (tertiary/aromatic N) is 1. The van der Waals surface area contributed by atoms with Gasteiger partial charge in [0.2, 0.25) is 0 Å². The van der Waals surface area contributed by atoms with Crippen molar-refractivity contribution in [3.05, 3.63) is 70.5 Å². The molecule has 1 heterocycles.